The molecule has 21 heavy (non-hydrogen) atoms. The average molecular weight is 308 g/mol. The molecule has 0 spiro atoms. The number of hydrogen-bond donors (Lipinski definition) is 2. The van der Waals surface area contributed by atoms with Gasteiger partial charge in [0.2, 0.25) is 10.0 Å². The second kappa shape index (κ2) is 6.48. The minimum absolute atomic E-state index is 0.0310. The molecule has 2 atom stereocenters. The molecule has 0 saturated heterocycles. The van der Waals surface area contributed by atoms with Crippen LogP contribution in [0.1, 0.15) is 25.3 Å². The van der Waals surface area contributed by atoms with E-state index in [1.807, 2.05) is 0 Å². The Morgan fingerprint density at radius 1 is 1.48 bits per heavy atom. The van der Waals surface area contributed by atoms with Crippen LogP contribution in [-0.4, -0.2) is 28.1 Å². The van der Waals surface area contributed by atoms with Crippen LogP contribution in [-0.2, 0) is 10.0 Å². The van der Waals surface area contributed by atoms with Gasteiger partial charge < -0.3 is 10.5 Å². The Bertz CT molecular complexity index is 674. The van der Waals surface area contributed by atoms with Crippen molar-refractivity contribution in [2.45, 2.75) is 30.7 Å². The van der Waals surface area contributed by atoms with Gasteiger partial charge in [-0.15, -0.1) is 0 Å². The van der Waals surface area contributed by atoms with Crippen molar-refractivity contribution in [2.24, 2.45) is 11.7 Å². The lowest BCUT2D eigenvalue weighted by molar-refractivity contribution is 0.402. The molecule has 1 fully saturated rings. The maximum atomic E-state index is 12.5. The number of ether oxygens (including phenoxy) is 1. The van der Waals surface area contributed by atoms with E-state index in [0.717, 1.165) is 12.8 Å². The summed E-state index contributed by atoms with van der Waals surface area (Å²) in [6.07, 6.45) is 1.87. The number of methoxy groups -OCH3 is 1. The molecule has 0 aromatic heterocycles. The Morgan fingerprint density at radius 2 is 2.24 bits per heavy atom. The lowest BCUT2D eigenvalue weighted by atomic mass is 10.2. The van der Waals surface area contributed by atoms with E-state index in [2.05, 4.69) is 23.5 Å². The summed E-state index contributed by atoms with van der Waals surface area (Å²) in [5, 5.41) is 0. The van der Waals surface area contributed by atoms with Gasteiger partial charge in [-0.25, -0.2) is 13.1 Å². The Balaban J connectivity index is 2.31. The smallest absolute Gasteiger partial charge is 0.244 e. The monoisotopic (exact) mass is 308 g/mol. The minimum Gasteiger partial charge on any atom is -0.495 e. The van der Waals surface area contributed by atoms with Crippen molar-refractivity contribution in [2.75, 3.05) is 13.7 Å². The van der Waals surface area contributed by atoms with Gasteiger partial charge in [-0.2, -0.15) is 0 Å². The predicted octanol–water partition coefficient (Wildman–Crippen LogP) is 1.08. The topological polar surface area (TPSA) is 81.4 Å². The summed E-state index contributed by atoms with van der Waals surface area (Å²) in [7, 11) is -2.15. The maximum Gasteiger partial charge on any atom is 0.244 e. The Morgan fingerprint density at radius 3 is 2.81 bits per heavy atom. The van der Waals surface area contributed by atoms with Crippen LogP contribution in [0.25, 0.3) is 0 Å². The van der Waals surface area contributed by atoms with Crippen LogP contribution in [0.5, 0.6) is 5.75 Å². The van der Waals surface area contributed by atoms with Crippen LogP contribution < -0.4 is 15.2 Å². The second-order valence-electron chi connectivity index (χ2n) is 5.00. The molecule has 1 aromatic carbocycles. The van der Waals surface area contributed by atoms with Gasteiger partial charge in [-0.1, -0.05) is 25.2 Å². The molecule has 3 N–H and O–H groups in total. The summed E-state index contributed by atoms with van der Waals surface area (Å²) in [5.41, 5.74) is 5.93. The van der Waals surface area contributed by atoms with Crippen LogP contribution in [0, 0.1) is 17.8 Å². The maximum absolute atomic E-state index is 12.5. The molecule has 5 nitrogen and oxygen atoms in total. The summed E-state index contributed by atoms with van der Waals surface area (Å²) in [4.78, 5) is 0.121. The SMILES string of the molecule is CCC1CC1NS(=O)(=O)c1cc(C#CCN)ccc1OC. The van der Waals surface area contributed by atoms with Crippen molar-refractivity contribution in [3.8, 4) is 17.6 Å². The van der Waals surface area contributed by atoms with Crippen molar-refractivity contribution >= 4 is 10.0 Å². The van der Waals surface area contributed by atoms with Crippen molar-refractivity contribution in [1.82, 2.24) is 4.72 Å². The summed E-state index contributed by atoms with van der Waals surface area (Å²) in [5.74, 6) is 6.30. The van der Waals surface area contributed by atoms with E-state index in [1.54, 1.807) is 12.1 Å². The molecule has 1 aromatic rings. The molecule has 0 radical (unpaired) electrons. The summed E-state index contributed by atoms with van der Waals surface area (Å²) < 4.78 is 32.9. The van der Waals surface area contributed by atoms with E-state index < -0.39 is 10.0 Å². The molecule has 0 amide bonds. The van der Waals surface area contributed by atoms with Gasteiger partial charge in [0.15, 0.2) is 0 Å². The first-order chi connectivity index (χ1) is 10.0. The van der Waals surface area contributed by atoms with Crippen LogP contribution in [0.4, 0.5) is 0 Å². The second-order valence-corrected chi connectivity index (χ2v) is 6.69. The standard InChI is InChI=1S/C15H20N2O3S/c1-3-12-10-13(12)17-21(18,19)15-9-11(5-4-8-16)6-7-14(15)20-2/h6-7,9,12-13,17H,3,8,10,16H2,1-2H3. The number of rotatable bonds is 5. The lowest BCUT2D eigenvalue weighted by Gasteiger charge is -2.11. The highest BCUT2D eigenvalue weighted by Crippen LogP contribution is 2.35. The quantitative estimate of drug-likeness (QED) is 0.798. The van der Waals surface area contributed by atoms with Crippen LogP contribution in [0.15, 0.2) is 23.1 Å². The molecule has 114 valence electrons. The predicted molar refractivity (Wildman–Crippen MR) is 81.4 cm³/mol. The fourth-order valence-electron chi connectivity index (χ4n) is 2.22. The number of sulfonamides is 1. The Labute approximate surface area is 125 Å². The van der Waals surface area contributed by atoms with Crippen molar-refractivity contribution in [3.63, 3.8) is 0 Å². The highest BCUT2D eigenvalue weighted by molar-refractivity contribution is 7.89. The lowest BCUT2D eigenvalue weighted by Crippen LogP contribution is -2.27. The average Bonchev–Trinajstić information content (AvgIpc) is 3.22. The summed E-state index contributed by atoms with van der Waals surface area (Å²) in [6.45, 7) is 2.29. The third-order valence-electron chi connectivity index (χ3n) is 3.54. The fraction of sp³-hybridized carbons (Fsp3) is 0.467. The largest absolute Gasteiger partial charge is 0.495 e. The first kappa shape index (κ1) is 15.8. The van der Waals surface area contributed by atoms with Gasteiger partial charge in [0.05, 0.1) is 13.7 Å². The third kappa shape index (κ3) is 3.76. The van der Waals surface area contributed by atoms with E-state index in [4.69, 9.17) is 10.5 Å². The Kier molecular flexibility index (Phi) is 4.88. The number of hydrogen-bond acceptors (Lipinski definition) is 4. The fourth-order valence-corrected chi connectivity index (χ4v) is 3.74. The van der Waals surface area contributed by atoms with E-state index >= 15 is 0 Å². The van der Waals surface area contributed by atoms with E-state index in [1.165, 1.54) is 13.2 Å². The zero-order valence-electron chi connectivity index (χ0n) is 12.2. The molecule has 0 heterocycles. The third-order valence-corrected chi connectivity index (χ3v) is 5.05. The summed E-state index contributed by atoms with van der Waals surface area (Å²) in [6, 6.07) is 4.88. The molecule has 6 heteroatoms. The highest BCUT2D eigenvalue weighted by Gasteiger charge is 2.39. The van der Waals surface area contributed by atoms with Gasteiger partial charge in [0.25, 0.3) is 0 Å². The first-order valence-electron chi connectivity index (χ1n) is 6.91. The van der Waals surface area contributed by atoms with Crippen molar-refractivity contribution in [1.29, 1.82) is 0 Å². The zero-order chi connectivity index (χ0) is 15.5. The first-order valence-corrected chi connectivity index (χ1v) is 8.39. The van der Waals surface area contributed by atoms with Gasteiger partial charge in [-0.3, -0.25) is 0 Å². The highest BCUT2D eigenvalue weighted by atomic mass is 32.2. The number of nitrogens with one attached hydrogen (secondary N) is 1. The zero-order valence-corrected chi connectivity index (χ0v) is 13.0. The van der Waals surface area contributed by atoms with Crippen LogP contribution in [0.2, 0.25) is 0 Å². The van der Waals surface area contributed by atoms with Crippen molar-refractivity contribution in [3.05, 3.63) is 23.8 Å². The minimum atomic E-state index is -3.60. The van der Waals surface area contributed by atoms with Crippen LogP contribution >= 0.6 is 0 Å². The molecular formula is C15H20N2O3S. The van der Waals surface area contributed by atoms with Crippen LogP contribution in [0.3, 0.4) is 0 Å². The molecular weight excluding hydrogens is 288 g/mol. The molecule has 2 unspecified atom stereocenters. The molecule has 1 aliphatic rings. The van der Waals surface area contributed by atoms with E-state index in [-0.39, 0.29) is 17.5 Å². The molecule has 1 saturated carbocycles. The molecule has 0 bridgehead atoms. The Hall–Kier alpha value is -1.55. The normalized spacial score (nSPS) is 20.5. The van der Waals surface area contributed by atoms with E-state index in [9.17, 15) is 8.42 Å². The van der Waals surface area contributed by atoms with Gasteiger partial charge in [0.1, 0.15) is 10.6 Å². The van der Waals surface area contributed by atoms with Crippen molar-refractivity contribution < 1.29 is 13.2 Å². The number of benzene rings is 1. The van der Waals surface area contributed by atoms with Gasteiger partial charge in [0, 0.05) is 11.6 Å². The summed E-state index contributed by atoms with van der Waals surface area (Å²) >= 11 is 0. The van der Waals surface area contributed by atoms with E-state index in [0.29, 0.717) is 17.2 Å². The number of nitrogens with two attached hydrogens (primary N) is 1. The van der Waals surface area contributed by atoms with Gasteiger partial charge >= 0.3 is 0 Å². The molecule has 1 aliphatic carbocycles. The molecule has 2 rings (SSSR count). The van der Waals surface area contributed by atoms with Gasteiger partial charge in [-0.05, 0) is 30.5 Å². The molecule has 0 aliphatic heterocycles.